The van der Waals surface area contributed by atoms with Crippen LogP contribution in [-0.2, 0) is 10.3 Å². The molecule has 1 N–H and O–H groups in total. The fourth-order valence-electron chi connectivity index (χ4n) is 5.25. The molecule has 1 atom stereocenters. The average molecular weight is 655 g/mol. The number of unbranched alkanes of at least 4 members (excludes halogenated alkanes) is 2. The number of thiophene rings is 1. The standard InChI is InChI=1S/C37H33F3N4O2S/c1-2-3-21-44(22-7-8-23-45)30-14-11-27(12-15-30)13-16-31-17-18-32(47-31)19-20-34-33(26-43)35(28(24-41)25-42)46-36(34,37(38,39)40)29-9-5-4-6-10-29/h4-6,9-20,45H,2-3,7-8,21-23H2,1H3/b16-13+,20-19+. The van der Waals surface area contributed by atoms with Crippen LogP contribution in [0.2, 0.25) is 0 Å². The number of nitrogens with zero attached hydrogens (tertiary/aromatic N) is 4. The Morgan fingerprint density at radius 3 is 2.09 bits per heavy atom. The van der Waals surface area contributed by atoms with E-state index in [0.717, 1.165) is 54.9 Å². The van der Waals surface area contributed by atoms with Crippen molar-refractivity contribution in [2.75, 3.05) is 24.6 Å². The number of alkyl halides is 3. The zero-order valence-corrected chi connectivity index (χ0v) is 26.6. The van der Waals surface area contributed by atoms with Crippen LogP contribution in [0.5, 0.6) is 0 Å². The van der Waals surface area contributed by atoms with Gasteiger partial charge in [0.1, 0.15) is 23.8 Å². The summed E-state index contributed by atoms with van der Waals surface area (Å²) in [5.41, 5.74) is -3.03. The molecular formula is C37H33F3N4O2S. The first-order chi connectivity index (χ1) is 22.7. The van der Waals surface area contributed by atoms with Crippen LogP contribution in [0.3, 0.4) is 0 Å². The van der Waals surface area contributed by atoms with Crippen molar-refractivity contribution < 1.29 is 23.0 Å². The summed E-state index contributed by atoms with van der Waals surface area (Å²) in [6, 6.07) is 23.5. The number of nitriles is 3. The Morgan fingerprint density at radius 2 is 1.51 bits per heavy atom. The minimum absolute atomic E-state index is 0.185. The van der Waals surface area contributed by atoms with Gasteiger partial charge in [-0.05, 0) is 61.2 Å². The van der Waals surface area contributed by atoms with Crippen LogP contribution in [0.25, 0.3) is 18.2 Å². The van der Waals surface area contributed by atoms with Gasteiger partial charge in [-0.1, -0.05) is 68.0 Å². The van der Waals surface area contributed by atoms with Crippen molar-refractivity contribution in [1.29, 1.82) is 15.8 Å². The maximum Gasteiger partial charge on any atom is 0.437 e. The van der Waals surface area contributed by atoms with Crippen LogP contribution in [0, 0.1) is 34.0 Å². The zero-order chi connectivity index (χ0) is 33.9. The summed E-state index contributed by atoms with van der Waals surface area (Å²) < 4.78 is 50.4. The number of benzene rings is 2. The Bertz CT molecular complexity index is 1770. The van der Waals surface area contributed by atoms with Crippen molar-refractivity contribution in [1.82, 2.24) is 0 Å². The number of allylic oxidation sites excluding steroid dienone is 2. The number of aliphatic hydroxyl groups is 1. The third kappa shape index (κ3) is 7.84. The maximum absolute atomic E-state index is 15.0. The quantitative estimate of drug-likeness (QED) is 0.146. The van der Waals surface area contributed by atoms with Crippen LogP contribution in [0.4, 0.5) is 18.9 Å². The molecule has 1 unspecified atom stereocenters. The summed E-state index contributed by atoms with van der Waals surface area (Å²) in [5, 5.41) is 37.9. The topological polar surface area (TPSA) is 104 Å². The first-order valence-electron chi connectivity index (χ1n) is 15.1. The van der Waals surface area contributed by atoms with Gasteiger partial charge in [-0.15, -0.1) is 11.3 Å². The number of aliphatic hydroxyl groups excluding tert-OH is 1. The molecule has 1 aromatic heterocycles. The lowest BCUT2D eigenvalue weighted by atomic mass is 9.84. The lowest BCUT2D eigenvalue weighted by Gasteiger charge is -2.33. The normalized spacial score (nSPS) is 16.3. The van der Waals surface area contributed by atoms with Crippen molar-refractivity contribution >= 4 is 35.3 Å². The van der Waals surface area contributed by atoms with Crippen molar-refractivity contribution in [2.24, 2.45) is 0 Å². The average Bonchev–Trinajstić information content (AvgIpc) is 3.68. The minimum Gasteiger partial charge on any atom is -0.465 e. The van der Waals surface area contributed by atoms with Gasteiger partial charge in [-0.3, -0.25) is 0 Å². The highest BCUT2D eigenvalue weighted by molar-refractivity contribution is 7.13. The van der Waals surface area contributed by atoms with Gasteiger partial charge >= 0.3 is 6.18 Å². The Labute approximate surface area is 276 Å². The van der Waals surface area contributed by atoms with E-state index < -0.39 is 34.3 Å². The van der Waals surface area contributed by atoms with Crippen molar-refractivity contribution in [3.63, 3.8) is 0 Å². The van der Waals surface area contributed by atoms with E-state index in [2.05, 4.69) is 24.0 Å². The predicted octanol–water partition coefficient (Wildman–Crippen LogP) is 8.92. The summed E-state index contributed by atoms with van der Waals surface area (Å²) in [6.07, 6.45) is 5.35. The van der Waals surface area contributed by atoms with Gasteiger partial charge in [0, 0.05) is 46.3 Å². The molecule has 0 fully saturated rings. The third-order valence-electron chi connectivity index (χ3n) is 7.65. The molecule has 3 aromatic rings. The summed E-state index contributed by atoms with van der Waals surface area (Å²) in [4.78, 5) is 3.82. The number of hydrogen-bond acceptors (Lipinski definition) is 7. The molecule has 0 saturated heterocycles. The largest absolute Gasteiger partial charge is 0.465 e. The highest BCUT2D eigenvalue weighted by Crippen LogP contribution is 2.56. The summed E-state index contributed by atoms with van der Waals surface area (Å²) >= 11 is 1.35. The number of hydrogen-bond donors (Lipinski definition) is 1. The lowest BCUT2D eigenvalue weighted by molar-refractivity contribution is -0.249. The highest BCUT2D eigenvalue weighted by atomic mass is 32.1. The van der Waals surface area contributed by atoms with Gasteiger partial charge in [0.25, 0.3) is 5.60 Å². The van der Waals surface area contributed by atoms with E-state index in [4.69, 9.17) is 9.84 Å². The van der Waals surface area contributed by atoms with E-state index in [9.17, 15) is 29.0 Å². The fourth-order valence-corrected chi connectivity index (χ4v) is 6.07. The zero-order valence-electron chi connectivity index (χ0n) is 25.8. The molecule has 240 valence electrons. The van der Waals surface area contributed by atoms with Crippen LogP contribution in [0.1, 0.15) is 53.5 Å². The first-order valence-corrected chi connectivity index (χ1v) is 16.0. The highest BCUT2D eigenvalue weighted by Gasteiger charge is 2.65. The molecule has 4 rings (SSSR count). The summed E-state index contributed by atoms with van der Waals surface area (Å²) in [5.74, 6) is -0.696. The second-order valence-corrected chi connectivity index (χ2v) is 11.9. The van der Waals surface area contributed by atoms with Crippen LogP contribution in [-0.4, -0.2) is 31.0 Å². The fraction of sp³-hybridized carbons (Fsp3) is 0.270. The molecule has 0 bridgehead atoms. The monoisotopic (exact) mass is 654 g/mol. The SMILES string of the molecule is CCCCN(CCCCO)c1ccc(/C=C/c2ccc(/C=C/C3=C(C#N)C(=C(C#N)C#N)OC3(c3ccccc3)C(F)(F)F)s2)cc1. The molecule has 0 radical (unpaired) electrons. The molecule has 47 heavy (non-hydrogen) atoms. The van der Waals surface area contributed by atoms with E-state index in [-0.39, 0.29) is 12.2 Å². The van der Waals surface area contributed by atoms with Crippen LogP contribution in [0.15, 0.2) is 95.3 Å². The van der Waals surface area contributed by atoms with Crippen molar-refractivity contribution in [3.05, 3.63) is 116 Å². The minimum atomic E-state index is -5.04. The molecule has 0 amide bonds. The Morgan fingerprint density at radius 1 is 0.872 bits per heavy atom. The number of ether oxygens (including phenoxy) is 1. The summed E-state index contributed by atoms with van der Waals surface area (Å²) in [7, 11) is 0. The number of halogens is 3. The van der Waals surface area contributed by atoms with E-state index >= 15 is 0 Å². The van der Waals surface area contributed by atoms with Crippen molar-refractivity contribution in [2.45, 2.75) is 44.4 Å². The van der Waals surface area contributed by atoms with E-state index in [1.54, 1.807) is 30.3 Å². The summed E-state index contributed by atoms with van der Waals surface area (Å²) in [6.45, 7) is 4.17. The third-order valence-corrected chi connectivity index (χ3v) is 8.67. The van der Waals surface area contributed by atoms with Crippen molar-refractivity contribution in [3.8, 4) is 18.2 Å². The van der Waals surface area contributed by atoms with Gasteiger partial charge in [-0.25, -0.2) is 0 Å². The number of anilines is 1. The molecule has 1 aliphatic heterocycles. The van der Waals surface area contributed by atoms with E-state index in [0.29, 0.717) is 4.88 Å². The second-order valence-electron chi connectivity index (χ2n) is 10.7. The van der Waals surface area contributed by atoms with Gasteiger partial charge in [-0.2, -0.15) is 29.0 Å². The molecular weight excluding hydrogens is 621 g/mol. The smallest absolute Gasteiger partial charge is 0.437 e. The van der Waals surface area contributed by atoms with Gasteiger partial charge in [0.05, 0.1) is 0 Å². The molecule has 6 nitrogen and oxygen atoms in total. The van der Waals surface area contributed by atoms with Gasteiger partial charge < -0.3 is 14.7 Å². The molecule has 2 heterocycles. The Balaban J connectivity index is 1.62. The molecule has 2 aromatic carbocycles. The molecule has 1 aliphatic rings. The Kier molecular flexibility index (Phi) is 11.8. The molecule has 0 aliphatic carbocycles. The lowest BCUT2D eigenvalue weighted by Crippen LogP contribution is -2.43. The van der Waals surface area contributed by atoms with Gasteiger partial charge in [0.2, 0.25) is 0 Å². The first kappa shape index (κ1) is 34.8. The van der Waals surface area contributed by atoms with E-state index in [1.807, 2.05) is 30.4 Å². The maximum atomic E-state index is 15.0. The molecule has 0 saturated carbocycles. The van der Waals surface area contributed by atoms with E-state index in [1.165, 1.54) is 47.8 Å². The Hall–Kier alpha value is -5.08. The molecule has 0 spiro atoms. The predicted molar refractivity (Wildman–Crippen MR) is 178 cm³/mol. The van der Waals surface area contributed by atoms with Crippen LogP contribution >= 0.6 is 11.3 Å². The van der Waals surface area contributed by atoms with Gasteiger partial charge in [0.15, 0.2) is 11.3 Å². The van der Waals surface area contributed by atoms with Crippen LogP contribution < -0.4 is 4.90 Å². The second kappa shape index (κ2) is 16.0. The molecule has 10 heteroatoms. The number of rotatable bonds is 13.